The van der Waals surface area contributed by atoms with Gasteiger partial charge in [-0.05, 0) is 19.1 Å². The number of aromatic nitrogens is 2. The molecule has 0 aliphatic carbocycles. The van der Waals surface area contributed by atoms with Gasteiger partial charge < -0.3 is 15.1 Å². The molecule has 1 aliphatic rings. The van der Waals surface area contributed by atoms with Crippen LogP contribution < -0.4 is 10.2 Å². The van der Waals surface area contributed by atoms with Crippen molar-refractivity contribution in [2.24, 2.45) is 0 Å². The minimum Gasteiger partial charge on any atom is -0.353 e. The Balaban J connectivity index is 1.67. The van der Waals surface area contributed by atoms with Gasteiger partial charge in [0, 0.05) is 43.5 Å². The lowest BCUT2D eigenvalue weighted by atomic mass is 10.1. The summed E-state index contributed by atoms with van der Waals surface area (Å²) >= 11 is 0. The Kier molecular flexibility index (Phi) is 5.19. The number of hydrogen-bond donors (Lipinski definition) is 1. The van der Waals surface area contributed by atoms with Gasteiger partial charge in [0.05, 0.1) is 5.69 Å². The molecule has 1 N–H and O–H groups in total. The number of hydrogen-bond acceptors (Lipinski definition) is 5. The number of nitrogens with one attached hydrogen (secondary N) is 1. The van der Waals surface area contributed by atoms with Crippen molar-refractivity contribution < 1.29 is 4.79 Å². The van der Waals surface area contributed by atoms with E-state index in [0.717, 1.165) is 42.3 Å². The number of nitrogens with zero attached hydrogens (tertiary/aromatic N) is 4. The van der Waals surface area contributed by atoms with Crippen LogP contribution in [0.2, 0.25) is 0 Å². The maximum absolute atomic E-state index is 11.0. The summed E-state index contributed by atoms with van der Waals surface area (Å²) in [6, 6.07) is 20.3. The Morgan fingerprint density at radius 1 is 0.929 bits per heavy atom. The van der Waals surface area contributed by atoms with Crippen molar-refractivity contribution in [1.82, 2.24) is 14.9 Å². The van der Waals surface area contributed by atoms with Gasteiger partial charge in [-0.3, -0.25) is 4.79 Å². The highest BCUT2D eigenvalue weighted by atomic mass is 16.1. The Morgan fingerprint density at radius 2 is 1.64 bits per heavy atom. The van der Waals surface area contributed by atoms with E-state index in [4.69, 9.17) is 9.97 Å². The highest BCUT2D eigenvalue weighted by Crippen LogP contribution is 2.25. The van der Waals surface area contributed by atoms with Crippen LogP contribution >= 0.6 is 0 Å². The molecule has 6 nitrogen and oxygen atoms in total. The average molecular weight is 373 g/mol. The first kappa shape index (κ1) is 18.0. The zero-order chi connectivity index (χ0) is 19.3. The van der Waals surface area contributed by atoms with E-state index in [9.17, 15) is 4.79 Å². The fourth-order valence-corrected chi connectivity index (χ4v) is 3.23. The molecule has 0 spiro atoms. The first-order valence-electron chi connectivity index (χ1n) is 9.44. The van der Waals surface area contributed by atoms with E-state index >= 15 is 0 Å². The molecule has 0 unspecified atom stereocenters. The standard InChI is InChI=1S/C22H23N5O/c1-17-7-9-19(10-8-17)23-22-24-20(18-5-3-2-4-6-18)15-21(25-22)27-13-11-26(16-28)12-14-27/h2-10,15-16H,11-14H2,1H3,(H,23,24,25). The second kappa shape index (κ2) is 8.08. The number of carbonyl (C=O) groups excluding carboxylic acids is 1. The third-order valence-electron chi connectivity index (χ3n) is 4.88. The first-order valence-corrected chi connectivity index (χ1v) is 9.44. The molecule has 2 aromatic carbocycles. The third kappa shape index (κ3) is 4.11. The number of piperazine rings is 1. The molecule has 1 aromatic heterocycles. The van der Waals surface area contributed by atoms with Crippen LogP contribution in [0.5, 0.6) is 0 Å². The van der Waals surface area contributed by atoms with Crippen LogP contribution in [0.1, 0.15) is 5.56 Å². The summed E-state index contributed by atoms with van der Waals surface area (Å²) in [6.45, 7) is 4.99. The van der Waals surface area contributed by atoms with E-state index in [2.05, 4.69) is 29.3 Å². The van der Waals surface area contributed by atoms with Crippen LogP contribution in [0.3, 0.4) is 0 Å². The van der Waals surface area contributed by atoms with Gasteiger partial charge in [-0.25, -0.2) is 4.98 Å². The SMILES string of the molecule is Cc1ccc(Nc2nc(-c3ccccc3)cc(N3CCN(C=O)CC3)n2)cc1. The molecule has 4 rings (SSSR count). The lowest BCUT2D eigenvalue weighted by molar-refractivity contribution is -0.118. The van der Waals surface area contributed by atoms with Gasteiger partial charge >= 0.3 is 0 Å². The summed E-state index contributed by atoms with van der Waals surface area (Å²) in [7, 11) is 0. The van der Waals surface area contributed by atoms with Gasteiger partial charge in [0.1, 0.15) is 5.82 Å². The summed E-state index contributed by atoms with van der Waals surface area (Å²) in [5.41, 5.74) is 4.08. The second-order valence-electron chi connectivity index (χ2n) is 6.92. The van der Waals surface area contributed by atoms with E-state index in [1.54, 1.807) is 4.90 Å². The van der Waals surface area contributed by atoms with Crippen LogP contribution in [0.15, 0.2) is 60.7 Å². The number of amides is 1. The maximum atomic E-state index is 11.0. The second-order valence-corrected chi connectivity index (χ2v) is 6.92. The minimum atomic E-state index is 0.568. The fourth-order valence-electron chi connectivity index (χ4n) is 3.23. The number of anilines is 3. The lowest BCUT2D eigenvalue weighted by Crippen LogP contribution is -2.46. The lowest BCUT2D eigenvalue weighted by Gasteiger charge is -2.33. The van der Waals surface area contributed by atoms with Gasteiger partial charge in [0.25, 0.3) is 0 Å². The zero-order valence-electron chi connectivity index (χ0n) is 15.9. The van der Waals surface area contributed by atoms with Crippen LogP contribution in [0, 0.1) is 6.92 Å². The van der Waals surface area contributed by atoms with Gasteiger partial charge in [-0.2, -0.15) is 4.98 Å². The molecule has 0 radical (unpaired) electrons. The summed E-state index contributed by atoms with van der Waals surface area (Å²) in [6.07, 6.45) is 0.914. The smallest absolute Gasteiger partial charge is 0.229 e. The van der Waals surface area contributed by atoms with E-state index in [1.165, 1.54) is 5.56 Å². The number of aryl methyl sites for hydroxylation is 1. The summed E-state index contributed by atoms with van der Waals surface area (Å²) in [4.78, 5) is 24.5. The van der Waals surface area contributed by atoms with Crippen molar-refractivity contribution in [1.29, 1.82) is 0 Å². The summed E-state index contributed by atoms with van der Waals surface area (Å²) in [5.74, 6) is 1.44. The molecule has 1 aliphatic heterocycles. The first-order chi connectivity index (χ1) is 13.7. The highest BCUT2D eigenvalue weighted by Gasteiger charge is 2.18. The Morgan fingerprint density at radius 3 is 2.32 bits per heavy atom. The van der Waals surface area contributed by atoms with E-state index in [1.807, 2.05) is 48.5 Å². The molecule has 28 heavy (non-hydrogen) atoms. The predicted octanol–water partition coefficient (Wildman–Crippen LogP) is 3.47. The molecule has 1 amide bonds. The normalized spacial score (nSPS) is 14.0. The molecule has 6 heteroatoms. The van der Waals surface area contributed by atoms with Crippen LogP contribution in [-0.2, 0) is 4.79 Å². The van der Waals surface area contributed by atoms with Crippen molar-refractivity contribution in [3.63, 3.8) is 0 Å². The topological polar surface area (TPSA) is 61.4 Å². The maximum Gasteiger partial charge on any atom is 0.229 e. The Labute approximate surface area is 164 Å². The largest absolute Gasteiger partial charge is 0.353 e. The fraction of sp³-hybridized carbons (Fsp3) is 0.227. The molecule has 0 saturated carbocycles. The van der Waals surface area contributed by atoms with Crippen LogP contribution in [0.25, 0.3) is 11.3 Å². The molecule has 3 aromatic rings. The average Bonchev–Trinajstić information content (AvgIpc) is 2.76. The minimum absolute atomic E-state index is 0.568. The molecular weight excluding hydrogens is 350 g/mol. The van der Waals surface area contributed by atoms with Gasteiger partial charge in [0.2, 0.25) is 12.4 Å². The van der Waals surface area contributed by atoms with Crippen molar-refractivity contribution in [3.05, 3.63) is 66.2 Å². The number of benzene rings is 2. The number of rotatable bonds is 5. The summed E-state index contributed by atoms with van der Waals surface area (Å²) in [5, 5.41) is 3.33. The van der Waals surface area contributed by atoms with Crippen molar-refractivity contribution in [3.8, 4) is 11.3 Å². The summed E-state index contributed by atoms with van der Waals surface area (Å²) < 4.78 is 0. The van der Waals surface area contributed by atoms with Gasteiger partial charge in [-0.15, -0.1) is 0 Å². The van der Waals surface area contributed by atoms with E-state index in [0.29, 0.717) is 19.0 Å². The van der Waals surface area contributed by atoms with Gasteiger partial charge in [-0.1, -0.05) is 48.0 Å². The molecule has 142 valence electrons. The third-order valence-corrected chi connectivity index (χ3v) is 4.88. The van der Waals surface area contributed by atoms with Crippen molar-refractivity contribution in [2.45, 2.75) is 6.92 Å². The van der Waals surface area contributed by atoms with Crippen molar-refractivity contribution >= 4 is 23.9 Å². The molecule has 0 bridgehead atoms. The predicted molar refractivity (Wildman–Crippen MR) is 112 cm³/mol. The van der Waals surface area contributed by atoms with E-state index in [-0.39, 0.29) is 0 Å². The molecule has 1 saturated heterocycles. The van der Waals surface area contributed by atoms with Crippen LogP contribution in [-0.4, -0.2) is 47.5 Å². The molecular formula is C22H23N5O. The Bertz CT molecular complexity index is 935. The zero-order valence-corrected chi connectivity index (χ0v) is 15.9. The molecule has 1 fully saturated rings. The van der Waals surface area contributed by atoms with Gasteiger partial charge in [0.15, 0.2) is 0 Å². The Hall–Kier alpha value is -3.41. The molecule has 0 atom stereocenters. The quantitative estimate of drug-likeness (QED) is 0.694. The van der Waals surface area contributed by atoms with E-state index < -0.39 is 0 Å². The van der Waals surface area contributed by atoms with Crippen LogP contribution in [0.4, 0.5) is 17.5 Å². The molecule has 2 heterocycles. The number of carbonyl (C=O) groups is 1. The monoisotopic (exact) mass is 373 g/mol. The highest BCUT2D eigenvalue weighted by molar-refractivity contribution is 5.67. The van der Waals surface area contributed by atoms with Crippen molar-refractivity contribution in [2.75, 3.05) is 36.4 Å².